The fourth-order valence-electron chi connectivity index (χ4n) is 1.40. The minimum Gasteiger partial charge on any atom is -0.439 e. The van der Waals surface area contributed by atoms with Gasteiger partial charge in [-0.05, 0) is 19.9 Å². The van der Waals surface area contributed by atoms with Gasteiger partial charge >= 0.3 is 7.48 Å². The van der Waals surface area contributed by atoms with E-state index >= 15 is 0 Å². The summed E-state index contributed by atoms with van der Waals surface area (Å²) in [6.07, 6.45) is 1.78. The number of hydrogen-bond acceptors (Lipinski definition) is 2. The van der Waals surface area contributed by atoms with E-state index in [1.54, 1.807) is 13.7 Å². The second kappa shape index (κ2) is 4.41. The van der Waals surface area contributed by atoms with E-state index in [0.717, 1.165) is 16.4 Å². The molecule has 0 fully saturated rings. The average molecular weight is 246 g/mol. The van der Waals surface area contributed by atoms with Gasteiger partial charge in [-0.1, -0.05) is 17.6 Å². The van der Waals surface area contributed by atoms with Crippen molar-refractivity contribution in [3.05, 3.63) is 24.4 Å². The van der Waals surface area contributed by atoms with Crippen molar-refractivity contribution in [1.82, 2.24) is 10.2 Å². The monoisotopic (exact) mass is 246 g/mol. The molecule has 1 heterocycles. The maximum atomic E-state index is 8.05. The fraction of sp³-hybridized carbons (Fsp3) is 0.462. The lowest BCUT2D eigenvalue weighted by atomic mass is 9.82. The average Bonchev–Trinajstić information content (AvgIpc) is 2.71. The molecule has 0 spiro atoms. The predicted molar refractivity (Wildman–Crippen MR) is 74.3 cm³/mol. The minimum absolute atomic E-state index is 0.543. The molecule has 0 aliphatic carbocycles. The highest BCUT2D eigenvalue weighted by Gasteiger charge is 2.40. The predicted octanol–water partition coefficient (Wildman–Crippen LogP) is 1.11. The Balaban J connectivity index is 2.10. The molecule has 95 valence electrons. The molecule has 5 heteroatoms. The van der Waals surface area contributed by atoms with E-state index in [2.05, 4.69) is 10.2 Å². The molecule has 3 N–H and O–H groups in total. The lowest BCUT2D eigenvalue weighted by Crippen LogP contribution is -2.49. The number of aromatic amines is 1. The highest BCUT2D eigenvalue weighted by molar-refractivity contribution is 6.47. The van der Waals surface area contributed by atoms with Gasteiger partial charge in [-0.2, -0.15) is 5.10 Å². The summed E-state index contributed by atoms with van der Waals surface area (Å²) in [5.74, 6) is 0. The second-order valence-electron chi connectivity index (χ2n) is 5.59. The van der Waals surface area contributed by atoms with Crippen molar-refractivity contribution in [3.63, 3.8) is 0 Å². The van der Waals surface area contributed by atoms with Crippen LogP contribution >= 0.6 is 0 Å². The summed E-state index contributed by atoms with van der Waals surface area (Å²) in [4.78, 5) is 0. The summed E-state index contributed by atoms with van der Waals surface area (Å²) >= 11 is 0. The first-order valence-corrected chi connectivity index (χ1v) is 5.99. The van der Waals surface area contributed by atoms with Gasteiger partial charge < -0.3 is 9.76 Å². The van der Waals surface area contributed by atoms with Crippen molar-refractivity contribution < 1.29 is 9.76 Å². The van der Waals surface area contributed by atoms with Crippen LogP contribution in [0.1, 0.15) is 27.7 Å². The maximum absolute atomic E-state index is 8.05. The normalized spacial score (nSPS) is 12.9. The summed E-state index contributed by atoms with van der Waals surface area (Å²) in [6.45, 7) is 7.54. The molecule has 1 radical (unpaired) electrons. The molecule has 18 heavy (non-hydrogen) atoms. The van der Waals surface area contributed by atoms with Crippen molar-refractivity contribution in [3.8, 4) is 0 Å². The number of fused-ring (bicyclic) bond motifs is 1. The smallest absolute Gasteiger partial charge is 0.331 e. The van der Waals surface area contributed by atoms with Gasteiger partial charge in [0.1, 0.15) is 5.60 Å². The number of rotatable bonds is 4. The molecule has 0 atom stereocenters. The van der Waals surface area contributed by atoms with E-state index in [0.29, 0.717) is 0 Å². The second-order valence-corrected chi connectivity index (χ2v) is 5.59. The Labute approximate surface area is 108 Å². The molecule has 1 aromatic carbocycles. The standard InChI is InChI=1S/C13H18BN2O2/c1-12(2,17)13(3,4)18-14-10-5-6-11-9(7-10)8-15-16-11/h5-8,17H,1-4H3,(H,15,16)/p+1. The van der Waals surface area contributed by atoms with E-state index in [1.165, 1.54) is 0 Å². The Morgan fingerprint density at radius 1 is 1.28 bits per heavy atom. The van der Waals surface area contributed by atoms with Gasteiger partial charge in [0, 0.05) is 19.2 Å². The van der Waals surface area contributed by atoms with Crippen molar-refractivity contribution in [2.24, 2.45) is 0 Å². The molecule has 0 aliphatic heterocycles. The van der Waals surface area contributed by atoms with Crippen LogP contribution in [-0.4, -0.2) is 34.0 Å². The van der Waals surface area contributed by atoms with Gasteiger partial charge in [0.2, 0.25) is 0 Å². The minimum atomic E-state index is -0.663. The number of hydrogen-bond donors (Lipinski definition) is 1. The van der Waals surface area contributed by atoms with Crippen LogP contribution < -0.4 is 5.46 Å². The lowest BCUT2D eigenvalue weighted by molar-refractivity contribution is -0.0893. The summed E-state index contributed by atoms with van der Waals surface area (Å²) in [7, 11) is 1.71. The SMILES string of the molecule is CC(C)([OH2+])C(C)(C)O[B]c1ccc2[nH]ncc2c1. The summed E-state index contributed by atoms with van der Waals surface area (Å²) in [5.41, 5.74) is 0.773. The zero-order valence-corrected chi connectivity index (χ0v) is 11.2. The molecule has 0 saturated carbocycles. The molecule has 4 nitrogen and oxygen atoms in total. The number of H-pyrrole nitrogens is 1. The summed E-state index contributed by atoms with van der Waals surface area (Å²) in [6, 6.07) is 5.94. The molecule has 0 saturated heterocycles. The number of aromatic nitrogens is 2. The van der Waals surface area contributed by atoms with Crippen LogP contribution in [0.5, 0.6) is 0 Å². The molecule has 1 aromatic heterocycles. The number of nitrogens with one attached hydrogen (secondary N) is 1. The molecule has 0 amide bonds. The zero-order chi connectivity index (χ0) is 13.4. The Bertz CT molecular complexity index is 543. The van der Waals surface area contributed by atoms with Crippen LogP contribution in [0.4, 0.5) is 0 Å². The van der Waals surface area contributed by atoms with Gasteiger partial charge in [-0.3, -0.25) is 5.10 Å². The Morgan fingerprint density at radius 3 is 2.67 bits per heavy atom. The third-order valence-electron chi connectivity index (χ3n) is 3.46. The van der Waals surface area contributed by atoms with Gasteiger partial charge in [-0.25, -0.2) is 0 Å². The highest BCUT2D eigenvalue weighted by Crippen LogP contribution is 2.24. The molecular weight excluding hydrogens is 227 g/mol. The Morgan fingerprint density at radius 2 is 2.00 bits per heavy atom. The topological polar surface area (TPSA) is 60.8 Å². The van der Waals surface area contributed by atoms with Gasteiger partial charge in [0.05, 0.1) is 11.7 Å². The quantitative estimate of drug-likeness (QED) is 0.648. The van der Waals surface area contributed by atoms with Crippen LogP contribution in [-0.2, 0) is 4.65 Å². The lowest BCUT2D eigenvalue weighted by Gasteiger charge is -2.33. The van der Waals surface area contributed by atoms with Gasteiger partial charge in [-0.15, -0.1) is 0 Å². The van der Waals surface area contributed by atoms with Crippen LogP contribution in [0, 0.1) is 0 Å². The molecule has 0 bridgehead atoms. The summed E-state index contributed by atoms with van der Waals surface area (Å²) < 4.78 is 5.76. The third kappa shape index (κ3) is 2.57. The van der Waals surface area contributed by atoms with Crippen molar-refractivity contribution in [2.75, 3.05) is 0 Å². The molecule has 0 unspecified atom stereocenters. The van der Waals surface area contributed by atoms with Crippen LogP contribution in [0.15, 0.2) is 24.4 Å². The first-order valence-electron chi connectivity index (χ1n) is 5.99. The van der Waals surface area contributed by atoms with Gasteiger partial charge in [0.25, 0.3) is 0 Å². The molecule has 2 aromatic rings. The number of benzene rings is 1. The zero-order valence-electron chi connectivity index (χ0n) is 11.2. The van der Waals surface area contributed by atoms with Crippen LogP contribution in [0.3, 0.4) is 0 Å². The van der Waals surface area contributed by atoms with E-state index in [9.17, 15) is 0 Å². The number of nitrogens with zero attached hydrogens (tertiary/aromatic N) is 1. The largest absolute Gasteiger partial charge is 0.439 e. The summed E-state index contributed by atoms with van der Waals surface area (Å²) in [5, 5.41) is 16.0. The van der Waals surface area contributed by atoms with Crippen molar-refractivity contribution in [2.45, 2.75) is 38.9 Å². The van der Waals surface area contributed by atoms with E-state index in [-0.39, 0.29) is 0 Å². The van der Waals surface area contributed by atoms with Crippen LogP contribution in [0.2, 0.25) is 0 Å². The molecule has 0 aliphatic rings. The van der Waals surface area contributed by atoms with E-state index in [4.69, 9.17) is 9.76 Å². The third-order valence-corrected chi connectivity index (χ3v) is 3.46. The van der Waals surface area contributed by atoms with E-state index < -0.39 is 11.2 Å². The Kier molecular flexibility index (Phi) is 3.21. The first kappa shape index (κ1) is 13.1. The van der Waals surface area contributed by atoms with E-state index in [1.807, 2.05) is 45.9 Å². The Hall–Kier alpha value is -1.33. The van der Waals surface area contributed by atoms with Crippen molar-refractivity contribution >= 4 is 23.8 Å². The van der Waals surface area contributed by atoms with Crippen molar-refractivity contribution in [1.29, 1.82) is 0 Å². The van der Waals surface area contributed by atoms with Crippen LogP contribution in [0.25, 0.3) is 10.9 Å². The highest BCUT2D eigenvalue weighted by atomic mass is 16.5. The fourth-order valence-corrected chi connectivity index (χ4v) is 1.40. The molecule has 2 rings (SSSR count). The van der Waals surface area contributed by atoms with Gasteiger partial charge in [0.15, 0.2) is 5.60 Å². The molecular formula is C13H19BN2O2+. The first-order chi connectivity index (χ1) is 8.29. The maximum Gasteiger partial charge on any atom is 0.331 e.